The van der Waals surface area contributed by atoms with E-state index < -0.39 is 0 Å². The van der Waals surface area contributed by atoms with Crippen LogP contribution in [0.15, 0.2) is 28.7 Å². The Morgan fingerprint density at radius 1 is 1.37 bits per heavy atom. The summed E-state index contributed by atoms with van der Waals surface area (Å²) < 4.78 is 2.70. The fourth-order valence-electron chi connectivity index (χ4n) is 2.06. The number of halogens is 1. The van der Waals surface area contributed by atoms with Gasteiger partial charge in [0.2, 0.25) is 0 Å². The van der Waals surface area contributed by atoms with Crippen molar-refractivity contribution in [2.24, 2.45) is 5.73 Å². The van der Waals surface area contributed by atoms with E-state index in [0.29, 0.717) is 5.56 Å². The molecule has 0 saturated carbocycles. The molecule has 0 atom stereocenters. The van der Waals surface area contributed by atoms with Crippen LogP contribution in [0.25, 0.3) is 5.69 Å². The summed E-state index contributed by atoms with van der Waals surface area (Å²) in [6, 6.07) is 7.85. The molecule has 1 aromatic carbocycles. The Morgan fingerprint density at radius 2 is 2.11 bits per heavy atom. The summed E-state index contributed by atoms with van der Waals surface area (Å²) in [5.74, 6) is 0.0399. The van der Waals surface area contributed by atoms with Crippen LogP contribution in [-0.2, 0) is 12.8 Å². The van der Waals surface area contributed by atoms with Crippen molar-refractivity contribution in [1.82, 2.24) is 9.78 Å². The quantitative estimate of drug-likeness (QED) is 0.671. The third kappa shape index (κ3) is 2.56. The largest absolute Gasteiger partial charge is 0.384 e. The van der Waals surface area contributed by atoms with Crippen LogP contribution in [0.4, 0.5) is 0 Å². The molecule has 1 aromatic heterocycles. The van der Waals surface area contributed by atoms with Gasteiger partial charge >= 0.3 is 0 Å². The monoisotopic (exact) mass is 320 g/mol. The molecule has 0 amide bonds. The van der Waals surface area contributed by atoms with Gasteiger partial charge in [0, 0.05) is 10.2 Å². The number of benzene rings is 1. The average Bonchev–Trinajstić information content (AvgIpc) is 2.81. The minimum absolute atomic E-state index is 0.0399. The first-order valence-electron chi connectivity index (χ1n) is 6.29. The summed E-state index contributed by atoms with van der Waals surface area (Å²) in [4.78, 5) is 0. The highest BCUT2D eigenvalue weighted by Crippen LogP contribution is 2.24. The normalized spacial score (nSPS) is 10.7. The molecule has 2 rings (SSSR count). The van der Waals surface area contributed by atoms with Crippen molar-refractivity contribution < 1.29 is 0 Å². The number of rotatable bonds is 4. The second kappa shape index (κ2) is 5.57. The van der Waals surface area contributed by atoms with Gasteiger partial charge in [-0.15, -0.1) is 0 Å². The third-order valence-corrected chi connectivity index (χ3v) is 3.71. The van der Waals surface area contributed by atoms with E-state index in [4.69, 9.17) is 11.1 Å². The number of hydrogen-bond donors (Lipinski definition) is 2. The summed E-state index contributed by atoms with van der Waals surface area (Å²) in [5.41, 5.74) is 9.39. The maximum atomic E-state index is 7.75. The molecular formula is C14H17BrN4. The molecule has 0 aliphatic rings. The molecule has 5 heteroatoms. The average molecular weight is 321 g/mol. The van der Waals surface area contributed by atoms with Gasteiger partial charge in [-0.25, -0.2) is 4.68 Å². The van der Waals surface area contributed by atoms with Crippen LogP contribution in [0.1, 0.15) is 30.8 Å². The van der Waals surface area contributed by atoms with E-state index in [0.717, 1.165) is 34.4 Å². The number of aryl methyl sites for hydroxylation is 2. The van der Waals surface area contributed by atoms with Gasteiger partial charge in [-0.3, -0.25) is 5.41 Å². The second-order valence-electron chi connectivity index (χ2n) is 4.29. The Labute approximate surface area is 121 Å². The number of hydrogen-bond acceptors (Lipinski definition) is 2. The molecule has 0 spiro atoms. The lowest BCUT2D eigenvalue weighted by atomic mass is 10.1. The van der Waals surface area contributed by atoms with Gasteiger partial charge in [-0.05, 0) is 47.0 Å². The first-order valence-corrected chi connectivity index (χ1v) is 7.08. The maximum Gasteiger partial charge on any atom is 0.126 e. The number of nitrogens with one attached hydrogen (secondary N) is 1. The van der Waals surface area contributed by atoms with Gasteiger partial charge in [-0.2, -0.15) is 5.10 Å². The van der Waals surface area contributed by atoms with Crippen molar-refractivity contribution in [3.8, 4) is 5.69 Å². The highest BCUT2D eigenvalue weighted by atomic mass is 79.9. The zero-order valence-corrected chi connectivity index (χ0v) is 12.7. The van der Waals surface area contributed by atoms with Crippen molar-refractivity contribution in [3.05, 3.63) is 45.7 Å². The molecular weight excluding hydrogens is 304 g/mol. The van der Waals surface area contributed by atoms with Crippen molar-refractivity contribution in [2.75, 3.05) is 0 Å². The zero-order valence-electron chi connectivity index (χ0n) is 11.1. The third-order valence-electron chi connectivity index (χ3n) is 3.05. The Morgan fingerprint density at radius 3 is 2.68 bits per heavy atom. The fourth-order valence-corrected chi connectivity index (χ4v) is 2.63. The van der Waals surface area contributed by atoms with Crippen LogP contribution in [-0.4, -0.2) is 15.6 Å². The SMILES string of the molecule is CCc1cc(CC)n(-c2cccc(Br)c2C(=N)N)n1. The van der Waals surface area contributed by atoms with Crippen LogP contribution in [0.5, 0.6) is 0 Å². The van der Waals surface area contributed by atoms with Gasteiger partial charge in [0.25, 0.3) is 0 Å². The summed E-state index contributed by atoms with van der Waals surface area (Å²) in [6.45, 7) is 4.18. The Hall–Kier alpha value is -1.62. The van der Waals surface area contributed by atoms with E-state index in [9.17, 15) is 0 Å². The van der Waals surface area contributed by atoms with E-state index in [2.05, 4.69) is 40.9 Å². The first kappa shape index (κ1) is 13.8. The summed E-state index contributed by atoms with van der Waals surface area (Å²) in [7, 11) is 0. The molecule has 0 aliphatic carbocycles. The molecule has 100 valence electrons. The van der Waals surface area contributed by atoms with E-state index >= 15 is 0 Å². The van der Waals surface area contributed by atoms with Crippen LogP contribution in [0, 0.1) is 5.41 Å². The number of aromatic nitrogens is 2. The topological polar surface area (TPSA) is 67.7 Å². The fraction of sp³-hybridized carbons (Fsp3) is 0.286. The van der Waals surface area contributed by atoms with Gasteiger partial charge in [0.05, 0.1) is 16.9 Å². The standard InChI is InChI=1S/C14H17BrN4/c1-3-9-8-10(4-2)19(18-9)12-7-5-6-11(15)13(12)14(16)17/h5-8H,3-4H2,1-2H3,(H3,16,17). The zero-order chi connectivity index (χ0) is 14.0. The molecule has 2 aromatic rings. The number of nitrogens with zero attached hydrogens (tertiary/aromatic N) is 2. The number of nitrogen functional groups attached to an aromatic ring is 1. The van der Waals surface area contributed by atoms with E-state index in [-0.39, 0.29) is 5.84 Å². The minimum atomic E-state index is 0.0399. The lowest BCUT2D eigenvalue weighted by Gasteiger charge is -2.12. The van der Waals surface area contributed by atoms with Crippen molar-refractivity contribution in [3.63, 3.8) is 0 Å². The molecule has 1 heterocycles. The highest BCUT2D eigenvalue weighted by molar-refractivity contribution is 9.10. The van der Waals surface area contributed by atoms with E-state index in [1.165, 1.54) is 0 Å². The molecule has 4 nitrogen and oxygen atoms in total. The van der Waals surface area contributed by atoms with Gasteiger partial charge in [0.1, 0.15) is 5.84 Å². The van der Waals surface area contributed by atoms with E-state index in [1.54, 1.807) is 0 Å². The van der Waals surface area contributed by atoms with Crippen LogP contribution in [0.3, 0.4) is 0 Å². The van der Waals surface area contributed by atoms with Crippen molar-refractivity contribution >= 4 is 21.8 Å². The summed E-state index contributed by atoms with van der Waals surface area (Å²) in [5, 5.41) is 12.3. The molecule has 3 N–H and O–H groups in total. The predicted molar refractivity (Wildman–Crippen MR) is 81.0 cm³/mol. The predicted octanol–water partition coefficient (Wildman–Crippen LogP) is 3.04. The van der Waals surface area contributed by atoms with Crippen molar-refractivity contribution in [1.29, 1.82) is 5.41 Å². The van der Waals surface area contributed by atoms with Crippen molar-refractivity contribution in [2.45, 2.75) is 26.7 Å². The Balaban J connectivity index is 2.68. The molecule has 0 radical (unpaired) electrons. The van der Waals surface area contributed by atoms with Gasteiger partial charge < -0.3 is 5.73 Å². The van der Waals surface area contributed by atoms with Crippen LogP contribution in [0.2, 0.25) is 0 Å². The molecule has 0 saturated heterocycles. The van der Waals surface area contributed by atoms with E-state index in [1.807, 2.05) is 22.9 Å². The molecule has 0 aliphatic heterocycles. The summed E-state index contributed by atoms with van der Waals surface area (Å²) >= 11 is 3.45. The smallest absolute Gasteiger partial charge is 0.126 e. The lowest BCUT2D eigenvalue weighted by Crippen LogP contribution is -2.17. The molecule has 0 bridgehead atoms. The Kier molecular flexibility index (Phi) is 4.04. The van der Waals surface area contributed by atoms with Gasteiger partial charge in [0.15, 0.2) is 0 Å². The molecule has 0 fully saturated rings. The summed E-state index contributed by atoms with van der Waals surface area (Å²) in [6.07, 6.45) is 1.78. The first-order chi connectivity index (χ1) is 9.08. The number of amidine groups is 1. The molecule has 19 heavy (non-hydrogen) atoms. The number of nitrogens with two attached hydrogens (primary N) is 1. The van der Waals surface area contributed by atoms with Crippen LogP contribution < -0.4 is 5.73 Å². The molecule has 0 unspecified atom stereocenters. The van der Waals surface area contributed by atoms with Gasteiger partial charge in [-0.1, -0.05) is 19.9 Å². The maximum absolute atomic E-state index is 7.75. The Bertz CT molecular complexity index is 616. The highest BCUT2D eigenvalue weighted by Gasteiger charge is 2.15. The minimum Gasteiger partial charge on any atom is -0.384 e. The lowest BCUT2D eigenvalue weighted by molar-refractivity contribution is 0.792. The second-order valence-corrected chi connectivity index (χ2v) is 5.15. The van der Waals surface area contributed by atoms with Crippen LogP contribution >= 0.6 is 15.9 Å².